The van der Waals surface area contributed by atoms with E-state index in [1.54, 1.807) is 0 Å². The van der Waals surface area contributed by atoms with Gasteiger partial charge in [-0.05, 0) is 36.1 Å². The van der Waals surface area contributed by atoms with Crippen LogP contribution in [0.4, 0.5) is 0 Å². The second kappa shape index (κ2) is 13.6. The molecule has 0 fully saturated rings. The molecule has 0 aliphatic carbocycles. The molecule has 0 saturated carbocycles. The van der Waals surface area contributed by atoms with Crippen LogP contribution in [0.1, 0.15) is 63.5 Å². The number of benzene rings is 2. The molecule has 0 aromatic heterocycles. The van der Waals surface area contributed by atoms with Gasteiger partial charge in [0.25, 0.3) is 0 Å². The molecule has 0 bridgehead atoms. The Bertz CT molecular complexity index is 598. The zero-order valence-electron chi connectivity index (χ0n) is 17.1. The van der Waals surface area contributed by atoms with E-state index in [1.165, 1.54) is 30.4 Å². The Morgan fingerprint density at radius 3 is 2.22 bits per heavy atom. The van der Waals surface area contributed by atoms with Gasteiger partial charge in [-0.1, -0.05) is 82.5 Å². The number of nitrogens with one attached hydrogen (secondary N) is 1. The van der Waals surface area contributed by atoms with Gasteiger partial charge in [0.15, 0.2) is 0 Å². The van der Waals surface area contributed by atoms with Gasteiger partial charge in [-0.3, -0.25) is 0 Å². The van der Waals surface area contributed by atoms with Crippen LogP contribution in [0.25, 0.3) is 0 Å². The molecule has 2 nitrogen and oxygen atoms in total. The second-order valence-electron chi connectivity index (χ2n) is 7.43. The molecule has 150 valence electrons. The molecule has 0 aliphatic heterocycles. The first-order chi connectivity index (χ1) is 12.7. The van der Waals surface area contributed by atoms with Crippen molar-refractivity contribution < 1.29 is 4.74 Å². The summed E-state index contributed by atoms with van der Waals surface area (Å²) in [6.07, 6.45) is 6.01. The van der Waals surface area contributed by atoms with Crippen molar-refractivity contribution in [1.29, 1.82) is 0 Å². The Morgan fingerprint density at radius 1 is 0.889 bits per heavy atom. The Hall–Kier alpha value is -1.51. The average molecular weight is 390 g/mol. The summed E-state index contributed by atoms with van der Waals surface area (Å²) in [7, 11) is 0. The molecule has 2 aromatic carbocycles. The smallest absolute Gasteiger partial charge is 0.119 e. The summed E-state index contributed by atoms with van der Waals surface area (Å²) >= 11 is 0. The van der Waals surface area contributed by atoms with Crippen molar-refractivity contribution in [3.63, 3.8) is 0 Å². The highest BCUT2D eigenvalue weighted by Crippen LogP contribution is 2.22. The summed E-state index contributed by atoms with van der Waals surface area (Å²) in [5.74, 6) is 1.47. The van der Waals surface area contributed by atoms with Gasteiger partial charge in [-0.15, -0.1) is 12.4 Å². The zero-order chi connectivity index (χ0) is 18.6. The summed E-state index contributed by atoms with van der Waals surface area (Å²) in [5.41, 5.74) is 2.76. The topological polar surface area (TPSA) is 21.3 Å². The normalized spacial score (nSPS) is 11.9. The molecule has 2 rings (SSSR count). The molecule has 0 aliphatic rings. The van der Waals surface area contributed by atoms with Crippen molar-refractivity contribution in [3.8, 4) is 5.75 Å². The van der Waals surface area contributed by atoms with Crippen LogP contribution in [0.15, 0.2) is 54.6 Å². The van der Waals surface area contributed by atoms with Crippen molar-refractivity contribution in [2.45, 2.75) is 64.8 Å². The maximum atomic E-state index is 5.86. The summed E-state index contributed by atoms with van der Waals surface area (Å²) < 4.78 is 5.86. The molecule has 0 amide bonds. The lowest BCUT2D eigenvalue weighted by Crippen LogP contribution is -2.28. The van der Waals surface area contributed by atoms with E-state index in [-0.39, 0.29) is 12.4 Å². The number of rotatable bonds is 12. The maximum absolute atomic E-state index is 5.86. The fourth-order valence-electron chi connectivity index (χ4n) is 3.14. The van der Waals surface area contributed by atoms with Crippen LogP contribution < -0.4 is 10.1 Å². The third-order valence-corrected chi connectivity index (χ3v) is 4.72. The lowest BCUT2D eigenvalue weighted by atomic mass is 9.91. The molecule has 1 atom stereocenters. The van der Waals surface area contributed by atoms with Crippen molar-refractivity contribution in [2.75, 3.05) is 13.2 Å². The monoisotopic (exact) mass is 389 g/mol. The molecule has 0 spiro atoms. The van der Waals surface area contributed by atoms with Gasteiger partial charge >= 0.3 is 0 Å². The average Bonchev–Trinajstić information content (AvgIpc) is 2.66. The summed E-state index contributed by atoms with van der Waals surface area (Å²) in [4.78, 5) is 0. The van der Waals surface area contributed by atoms with E-state index < -0.39 is 0 Å². The maximum Gasteiger partial charge on any atom is 0.119 e. The van der Waals surface area contributed by atoms with Gasteiger partial charge < -0.3 is 10.1 Å². The van der Waals surface area contributed by atoms with E-state index in [9.17, 15) is 0 Å². The Morgan fingerprint density at radius 2 is 1.59 bits per heavy atom. The standard InChI is InChI=1S/C24H35NO.ClH/c1-4-5-6-10-17-26-24-15-13-21(14-16-24)18-23(19-25-20(2)3)22-11-8-7-9-12-22;/h7-9,11-16,20,23,25H,4-6,10,17-19H2,1-3H3;1H. The highest BCUT2D eigenvalue weighted by molar-refractivity contribution is 5.85. The number of halogens is 1. The van der Waals surface area contributed by atoms with Crippen LogP contribution in [0.5, 0.6) is 5.75 Å². The first-order valence-corrected chi connectivity index (χ1v) is 10.2. The van der Waals surface area contributed by atoms with E-state index >= 15 is 0 Å². The molecule has 3 heteroatoms. The first kappa shape index (κ1) is 23.5. The van der Waals surface area contributed by atoms with E-state index in [2.05, 4.69) is 80.7 Å². The van der Waals surface area contributed by atoms with E-state index in [4.69, 9.17) is 4.74 Å². The van der Waals surface area contributed by atoms with E-state index in [1.807, 2.05) is 0 Å². The van der Waals surface area contributed by atoms with Crippen molar-refractivity contribution in [1.82, 2.24) is 5.32 Å². The number of hydrogen-bond donors (Lipinski definition) is 1. The van der Waals surface area contributed by atoms with Gasteiger partial charge in [-0.2, -0.15) is 0 Å². The predicted molar refractivity (Wildman–Crippen MR) is 119 cm³/mol. The number of unbranched alkanes of at least 4 members (excludes halogenated alkanes) is 3. The minimum atomic E-state index is 0. The summed E-state index contributed by atoms with van der Waals surface area (Å²) in [5, 5.41) is 3.60. The van der Waals surface area contributed by atoms with Crippen LogP contribution >= 0.6 is 12.4 Å². The van der Waals surface area contributed by atoms with Gasteiger partial charge in [0.1, 0.15) is 5.75 Å². The third kappa shape index (κ3) is 9.30. The van der Waals surface area contributed by atoms with E-state index in [0.29, 0.717) is 12.0 Å². The summed E-state index contributed by atoms with van der Waals surface area (Å²) in [6, 6.07) is 20.0. The Labute approximate surface area is 172 Å². The van der Waals surface area contributed by atoms with Crippen LogP contribution in [-0.4, -0.2) is 19.2 Å². The van der Waals surface area contributed by atoms with Crippen molar-refractivity contribution in [3.05, 3.63) is 65.7 Å². The lowest BCUT2D eigenvalue weighted by molar-refractivity contribution is 0.305. The van der Waals surface area contributed by atoms with Gasteiger partial charge in [0, 0.05) is 18.5 Å². The number of ether oxygens (including phenoxy) is 1. The van der Waals surface area contributed by atoms with Crippen LogP contribution in [-0.2, 0) is 6.42 Å². The molecular formula is C24H36ClNO. The third-order valence-electron chi connectivity index (χ3n) is 4.72. The fourth-order valence-corrected chi connectivity index (χ4v) is 3.14. The highest BCUT2D eigenvalue weighted by Gasteiger charge is 2.13. The van der Waals surface area contributed by atoms with Crippen molar-refractivity contribution in [2.24, 2.45) is 0 Å². The van der Waals surface area contributed by atoms with Crippen molar-refractivity contribution >= 4 is 12.4 Å². The molecule has 0 saturated heterocycles. The van der Waals surface area contributed by atoms with Gasteiger partial charge in [-0.25, -0.2) is 0 Å². The van der Waals surface area contributed by atoms with Gasteiger partial charge in [0.05, 0.1) is 6.61 Å². The van der Waals surface area contributed by atoms with Gasteiger partial charge in [0.2, 0.25) is 0 Å². The zero-order valence-corrected chi connectivity index (χ0v) is 17.9. The lowest BCUT2D eigenvalue weighted by Gasteiger charge is -2.20. The largest absolute Gasteiger partial charge is 0.494 e. The molecule has 27 heavy (non-hydrogen) atoms. The minimum absolute atomic E-state index is 0. The van der Waals surface area contributed by atoms with Crippen LogP contribution in [0, 0.1) is 0 Å². The fraction of sp³-hybridized carbons (Fsp3) is 0.500. The molecule has 2 aromatic rings. The molecule has 1 N–H and O–H groups in total. The quantitative estimate of drug-likeness (QED) is 0.424. The van der Waals surface area contributed by atoms with Crippen LogP contribution in [0.3, 0.4) is 0 Å². The molecule has 1 unspecified atom stereocenters. The van der Waals surface area contributed by atoms with E-state index in [0.717, 1.165) is 31.7 Å². The van der Waals surface area contributed by atoms with Crippen LogP contribution in [0.2, 0.25) is 0 Å². The number of hydrogen-bond acceptors (Lipinski definition) is 2. The molecule has 0 heterocycles. The highest BCUT2D eigenvalue weighted by atomic mass is 35.5. The first-order valence-electron chi connectivity index (χ1n) is 10.2. The Kier molecular flexibility index (Phi) is 11.9. The second-order valence-corrected chi connectivity index (χ2v) is 7.43. The Balaban J connectivity index is 0.00000364. The predicted octanol–water partition coefficient (Wildman–Crippen LogP) is 6.39. The molecule has 0 radical (unpaired) electrons. The SMILES string of the molecule is CCCCCCOc1ccc(CC(CNC(C)C)c2ccccc2)cc1.Cl. The summed E-state index contributed by atoms with van der Waals surface area (Å²) in [6.45, 7) is 8.46. The minimum Gasteiger partial charge on any atom is -0.494 e. The molecular weight excluding hydrogens is 354 g/mol.